The molecule has 5 heteroatoms. The van der Waals surface area contributed by atoms with Crippen LogP contribution in [0.1, 0.15) is 10.4 Å². The minimum atomic E-state index is -1.32. The molecule has 2 aromatic rings. The van der Waals surface area contributed by atoms with Crippen molar-refractivity contribution in [2.24, 2.45) is 0 Å². The van der Waals surface area contributed by atoms with Crippen LogP contribution in [0.5, 0.6) is 5.75 Å². The van der Waals surface area contributed by atoms with E-state index >= 15 is 0 Å². The second-order valence-corrected chi connectivity index (χ2v) is 3.63. The largest absolute Gasteiger partial charge is 0.506 e. The first-order valence-electron chi connectivity index (χ1n) is 5.01. The average molecular weight is 250 g/mol. The van der Waals surface area contributed by atoms with Crippen molar-refractivity contribution in [2.75, 3.05) is 0 Å². The minimum absolute atomic E-state index is 0.00685. The summed E-state index contributed by atoms with van der Waals surface area (Å²) in [6.07, 6.45) is 0. The molecule has 0 heterocycles. The fraction of sp³-hybridized carbons (Fsp3) is 0. The van der Waals surface area contributed by atoms with Crippen LogP contribution in [0.25, 0.3) is 11.1 Å². The van der Waals surface area contributed by atoms with Gasteiger partial charge in [0.05, 0.1) is 0 Å². The number of carboxylic acid groups (broad SMARTS) is 1. The van der Waals surface area contributed by atoms with Crippen molar-refractivity contribution in [3.8, 4) is 16.9 Å². The Labute approximate surface area is 101 Å². The number of para-hydroxylation sites is 1. The number of rotatable bonds is 2. The zero-order chi connectivity index (χ0) is 13.3. The topological polar surface area (TPSA) is 57.5 Å². The SMILES string of the molecule is O=C(O)c1cccc(-c2ccc(F)cc2F)c1O. The first-order valence-corrected chi connectivity index (χ1v) is 5.01. The van der Waals surface area contributed by atoms with Crippen molar-refractivity contribution >= 4 is 5.97 Å². The highest BCUT2D eigenvalue weighted by molar-refractivity contribution is 5.94. The fourth-order valence-electron chi connectivity index (χ4n) is 1.64. The molecule has 0 saturated carbocycles. The first kappa shape index (κ1) is 12.0. The number of hydrogen-bond acceptors (Lipinski definition) is 2. The van der Waals surface area contributed by atoms with Gasteiger partial charge in [0.1, 0.15) is 22.9 Å². The zero-order valence-corrected chi connectivity index (χ0v) is 9.02. The molecule has 0 unspecified atom stereocenters. The summed E-state index contributed by atoms with van der Waals surface area (Å²) in [4.78, 5) is 10.8. The Morgan fingerprint density at radius 3 is 2.39 bits per heavy atom. The number of hydrogen-bond donors (Lipinski definition) is 2. The lowest BCUT2D eigenvalue weighted by atomic mass is 10.0. The zero-order valence-electron chi connectivity index (χ0n) is 9.02. The van der Waals surface area contributed by atoms with E-state index in [9.17, 15) is 18.7 Å². The molecule has 0 aliphatic carbocycles. The molecule has 0 atom stereocenters. The molecule has 2 rings (SSSR count). The van der Waals surface area contributed by atoms with Gasteiger partial charge < -0.3 is 10.2 Å². The summed E-state index contributed by atoms with van der Waals surface area (Å²) in [5, 5.41) is 18.6. The summed E-state index contributed by atoms with van der Waals surface area (Å²) >= 11 is 0. The second kappa shape index (κ2) is 4.44. The van der Waals surface area contributed by atoms with E-state index in [0.717, 1.165) is 12.1 Å². The molecule has 0 aliphatic rings. The first-order chi connectivity index (χ1) is 8.50. The van der Waals surface area contributed by atoms with Gasteiger partial charge >= 0.3 is 5.97 Å². The summed E-state index contributed by atoms with van der Waals surface area (Å²) in [6, 6.07) is 6.78. The molecule has 2 N–H and O–H groups in total. The summed E-state index contributed by atoms with van der Waals surface area (Å²) in [5.41, 5.74) is -0.388. The van der Waals surface area contributed by atoms with Crippen LogP contribution >= 0.6 is 0 Å². The van der Waals surface area contributed by atoms with Gasteiger partial charge in [0.2, 0.25) is 0 Å². The van der Waals surface area contributed by atoms with Crippen LogP contribution in [0.15, 0.2) is 36.4 Å². The van der Waals surface area contributed by atoms with Gasteiger partial charge in [-0.25, -0.2) is 13.6 Å². The van der Waals surface area contributed by atoms with E-state index in [-0.39, 0.29) is 16.7 Å². The third-order valence-corrected chi connectivity index (χ3v) is 2.49. The number of carbonyl (C=O) groups is 1. The molecular weight excluding hydrogens is 242 g/mol. The molecule has 0 bridgehead atoms. The molecule has 0 radical (unpaired) electrons. The van der Waals surface area contributed by atoms with Crippen LogP contribution in [0, 0.1) is 11.6 Å². The van der Waals surface area contributed by atoms with Gasteiger partial charge in [-0.15, -0.1) is 0 Å². The highest BCUT2D eigenvalue weighted by atomic mass is 19.1. The lowest BCUT2D eigenvalue weighted by Crippen LogP contribution is -1.98. The summed E-state index contributed by atoms with van der Waals surface area (Å²) in [6.45, 7) is 0. The summed E-state index contributed by atoms with van der Waals surface area (Å²) in [7, 11) is 0. The number of aromatic carboxylic acids is 1. The Morgan fingerprint density at radius 1 is 1.06 bits per heavy atom. The number of benzene rings is 2. The van der Waals surface area contributed by atoms with Gasteiger partial charge in [0.15, 0.2) is 0 Å². The maximum Gasteiger partial charge on any atom is 0.339 e. The molecule has 0 fully saturated rings. The van der Waals surface area contributed by atoms with Gasteiger partial charge in [0, 0.05) is 17.2 Å². The van der Waals surface area contributed by atoms with Crippen LogP contribution in [0.4, 0.5) is 8.78 Å². The predicted octanol–water partition coefficient (Wildman–Crippen LogP) is 3.04. The van der Waals surface area contributed by atoms with E-state index < -0.39 is 23.4 Å². The van der Waals surface area contributed by atoms with Crippen LogP contribution in [0.2, 0.25) is 0 Å². The number of phenols is 1. The summed E-state index contributed by atoms with van der Waals surface area (Å²) < 4.78 is 26.3. The van der Waals surface area contributed by atoms with Crippen LogP contribution in [-0.2, 0) is 0 Å². The van der Waals surface area contributed by atoms with Crippen LogP contribution in [-0.4, -0.2) is 16.2 Å². The number of carboxylic acids is 1. The van der Waals surface area contributed by atoms with Gasteiger partial charge in [0.25, 0.3) is 0 Å². The maximum atomic E-state index is 13.6. The molecule has 3 nitrogen and oxygen atoms in total. The quantitative estimate of drug-likeness (QED) is 0.861. The van der Waals surface area contributed by atoms with Crippen LogP contribution in [0.3, 0.4) is 0 Å². The lowest BCUT2D eigenvalue weighted by molar-refractivity contribution is 0.0694. The molecule has 18 heavy (non-hydrogen) atoms. The van der Waals surface area contributed by atoms with E-state index in [0.29, 0.717) is 6.07 Å². The van der Waals surface area contributed by atoms with E-state index in [1.807, 2.05) is 0 Å². The van der Waals surface area contributed by atoms with Crippen molar-refractivity contribution < 1.29 is 23.8 Å². The smallest absolute Gasteiger partial charge is 0.339 e. The molecular formula is C13H8F2O3. The summed E-state index contributed by atoms with van der Waals surface area (Å²) in [5.74, 6) is -3.48. The van der Waals surface area contributed by atoms with Crippen molar-refractivity contribution in [3.05, 3.63) is 53.6 Å². The molecule has 0 aliphatic heterocycles. The Morgan fingerprint density at radius 2 is 1.78 bits per heavy atom. The van der Waals surface area contributed by atoms with E-state index in [1.165, 1.54) is 18.2 Å². The third-order valence-electron chi connectivity index (χ3n) is 2.49. The molecule has 2 aromatic carbocycles. The number of aromatic hydroxyl groups is 1. The molecule has 92 valence electrons. The third kappa shape index (κ3) is 2.02. The van der Waals surface area contributed by atoms with Crippen molar-refractivity contribution in [2.45, 2.75) is 0 Å². The normalized spacial score (nSPS) is 10.3. The second-order valence-electron chi connectivity index (χ2n) is 3.63. The van der Waals surface area contributed by atoms with E-state index in [2.05, 4.69) is 0 Å². The Bertz CT molecular complexity index is 624. The fourth-order valence-corrected chi connectivity index (χ4v) is 1.64. The van der Waals surface area contributed by atoms with Gasteiger partial charge in [-0.2, -0.15) is 0 Å². The van der Waals surface area contributed by atoms with Crippen molar-refractivity contribution in [1.29, 1.82) is 0 Å². The highest BCUT2D eigenvalue weighted by Crippen LogP contribution is 2.33. The minimum Gasteiger partial charge on any atom is -0.506 e. The maximum absolute atomic E-state index is 13.6. The van der Waals surface area contributed by atoms with Gasteiger partial charge in [-0.3, -0.25) is 0 Å². The monoisotopic (exact) mass is 250 g/mol. The van der Waals surface area contributed by atoms with E-state index in [1.54, 1.807) is 0 Å². The lowest BCUT2D eigenvalue weighted by Gasteiger charge is -2.08. The molecule has 0 amide bonds. The van der Waals surface area contributed by atoms with E-state index in [4.69, 9.17) is 5.11 Å². The highest BCUT2D eigenvalue weighted by Gasteiger charge is 2.16. The van der Waals surface area contributed by atoms with Crippen LogP contribution < -0.4 is 0 Å². The predicted molar refractivity (Wildman–Crippen MR) is 60.4 cm³/mol. The molecule has 0 spiro atoms. The molecule has 0 saturated heterocycles. The Hall–Kier alpha value is -2.43. The standard InChI is InChI=1S/C13H8F2O3/c14-7-4-5-8(11(15)6-7)9-2-1-3-10(12(9)16)13(17)18/h1-6,16H,(H,17,18). The Kier molecular flexibility index (Phi) is 2.97. The number of halogens is 2. The van der Waals surface area contributed by atoms with Crippen molar-refractivity contribution in [1.82, 2.24) is 0 Å². The van der Waals surface area contributed by atoms with Gasteiger partial charge in [-0.1, -0.05) is 12.1 Å². The van der Waals surface area contributed by atoms with Gasteiger partial charge in [-0.05, 0) is 18.2 Å². The average Bonchev–Trinajstić information content (AvgIpc) is 2.30. The van der Waals surface area contributed by atoms with Crippen molar-refractivity contribution in [3.63, 3.8) is 0 Å². The molecule has 0 aromatic heterocycles. The Balaban J connectivity index is 2.64.